The van der Waals surface area contributed by atoms with Crippen molar-refractivity contribution in [3.05, 3.63) is 81.9 Å². The van der Waals surface area contributed by atoms with E-state index in [1.54, 1.807) is 37.3 Å². The van der Waals surface area contributed by atoms with Gasteiger partial charge in [-0.15, -0.1) is 0 Å². The van der Waals surface area contributed by atoms with Gasteiger partial charge in [0, 0.05) is 35.7 Å². The van der Waals surface area contributed by atoms with Crippen molar-refractivity contribution < 1.29 is 27.0 Å². The summed E-state index contributed by atoms with van der Waals surface area (Å²) in [6.45, 7) is -1.70. The topological polar surface area (TPSA) is 30.5 Å². The maximum absolute atomic E-state index is 15.4. The average Bonchev–Trinajstić information content (AvgIpc) is 3.16. The number of rotatable bonds is 7. The molecule has 0 fully saturated rings. The lowest BCUT2D eigenvalue weighted by atomic mass is 9.49. The normalized spacial score (nSPS) is 17.3. The van der Waals surface area contributed by atoms with Crippen molar-refractivity contribution in [1.29, 1.82) is 0 Å². The number of fused-ring (bicyclic) bond motifs is 1. The Morgan fingerprint density at radius 3 is 2.43 bits per heavy atom. The van der Waals surface area contributed by atoms with Gasteiger partial charge < -0.3 is 14.8 Å². The first-order chi connectivity index (χ1) is 16.4. The third-order valence-corrected chi connectivity index (χ3v) is 6.18. The van der Waals surface area contributed by atoms with Crippen LogP contribution in [0.1, 0.15) is 16.7 Å². The van der Waals surface area contributed by atoms with Crippen molar-refractivity contribution in [2.24, 2.45) is 0 Å². The highest BCUT2D eigenvalue weighted by molar-refractivity contribution is 6.59. The lowest BCUT2D eigenvalue weighted by molar-refractivity contribution is -0.0521. The Labute approximate surface area is 209 Å². The predicted octanol–water partition coefficient (Wildman–Crippen LogP) is 4.73. The van der Waals surface area contributed by atoms with Crippen LogP contribution in [0.4, 0.5) is 17.6 Å². The van der Waals surface area contributed by atoms with Crippen LogP contribution in [0.3, 0.4) is 0 Å². The van der Waals surface area contributed by atoms with Gasteiger partial charge in [0.05, 0.1) is 28.6 Å². The number of hydrogen-bond donors (Lipinski definition) is 1. The molecule has 1 atom stereocenters. The summed E-state index contributed by atoms with van der Waals surface area (Å²) >= 11 is 6.34. The summed E-state index contributed by atoms with van der Waals surface area (Å²) in [5.74, 6) is -2.56. The second-order valence-corrected chi connectivity index (χ2v) is 8.78. The second kappa shape index (κ2) is 9.47. The van der Waals surface area contributed by atoms with Crippen LogP contribution in [0.2, 0.25) is 5.02 Å². The summed E-state index contributed by atoms with van der Waals surface area (Å²) in [4.78, 5) is 0. The van der Waals surface area contributed by atoms with Gasteiger partial charge >= 0.3 is 6.61 Å². The second-order valence-electron chi connectivity index (χ2n) is 8.40. The molecule has 0 aromatic heterocycles. The van der Waals surface area contributed by atoms with Crippen molar-refractivity contribution >= 4 is 35.1 Å². The van der Waals surface area contributed by atoms with E-state index in [0.717, 1.165) is 12.1 Å². The first-order valence-electron chi connectivity index (χ1n) is 10.5. The molecule has 0 amide bonds. The minimum Gasteiger partial charge on any atom is -0.480 e. The number of benzene rings is 3. The van der Waals surface area contributed by atoms with Crippen LogP contribution in [0, 0.1) is 18.6 Å². The lowest BCUT2D eigenvalue weighted by Gasteiger charge is -2.34. The van der Waals surface area contributed by atoms with Gasteiger partial charge in [-0.25, -0.2) is 8.78 Å². The molecule has 1 aliphatic rings. The number of halogens is 5. The number of alkyl halides is 2. The van der Waals surface area contributed by atoms with Gasteiger partial charge in [-0.2, -0.15) is 8.78 Å². The molecule has 35 heavy (non-hydrogen) atoms. The molecule has 6 radical (unpaired) electrons. The van der Waals surface area contributed by atoms with Gasteiger partial charge in [0.2, 0.25) is 0 Å². The maximum Gasteiger partial charge on any atom is 0.387 e. The highest BCUT2D eigenvalue weighted by Crippen LogP contribution is 2.50. The van der Waals surface area contributed by atoms with E-state index >= 15 is 4.39 Å². The van der Waals surface area contributed by atoms with Crippen LogP contribution < -0.4 is 14.8 Å². The van der Waals surface area contributed by atoms with E-state index in [1.807, 2.05) is 0 Å². The molecule has 4 rings (SSSR count). The molecule has 0 unspecified atom stereocenters. The van der Waals surface area contributed by atoms with Crippen LogP contribution >= 0.6 is 11.6 Å². The number of hydrogen-bond acceptors (Lipinski definition) is 3. The molecule has 0 saturated carbocycles. The lowest BCUT2D eigenvalue weighted by Crippen LogP contribution is -2.54. The fourth-order valence-electron chi connectivity index (χ4n) is 4.25. The van der Waals surface area contributed by atoms with Gasteiger partial charge in [0.15, 0.2) is 17.2 Å². The van der Waals surface area contributed by atoms with Gasteiger partial charge in [0.1, 0.15) is 11.6 Å². The summed E-state index contributed by atoms with van der Waals surface area (Å²) in [6, 6.07) is 12.5. The van der Waals surface area contributed by atoms with E-state index in [-0.39, 0.29) is 34.9 Å². The fourth-order valence-corrected chi connectivity index (χ4v) is 4.51. The predicted molar refractivity (Wildman–Crippen MR) is 129 cm³/mol. The molecule has 0 spiro atoms. The van der Waals surface area contributed by atoms with Crippen molar-refractivity contribution in [3.63, 3.8) is 0 Å². The van der Waals surface area contributed by atoms with E-state index in [9.17, 15) is 13.2 Å². The molecule has 174 valence electrons. The Balaban J connectivity index is 1.91. The van der Waals surface area contributed by atoms with Crippen LogP contribution in [0.5, 0.6) is 11.5 Å². The third-order valence-electron chi connectivity index (χ3n) is 5.81. The molecular formula is C24H17B3ClF4NO2. The van der Waals surface area contributed by atoms with Crippen molar-refractivity contribution in [3.8, 4) is 22.6 Å². The Morgan fingerprint density at radius 2 is 1.80 bits per heavy atom. The molecule has 0 aliphatic carbocycles. The molecule has 3 aromatic rings. The Bertz CT molecular complexity index is 1260. The van der Waals surface area contributed by atoms with Gasteiger partial charge in [-0.05, 0) is 24.1 Å². The van der Waals surface area contributed by atoms with Crippen molar-refractivity contribution in [2.75, 3.05) is 6.54 Å². The minimum absolute atomic E-state index is 0.00384. The van der Waals surface area contributed by atoms with Crippen LogP contribution in [-0.4, -0.2) is 41.9 Å². The molecule has 3 nitrogen and oxygen atoms in total. The smallest absolute Gasteiger partial charge is 0.387 e. The van der Waals surface area contributed by atoms with Crippen LogP contribution in [0.15, 0.2) is 48.5 Å². The van der Waals surface area contributed by atoms with Crippen LogP contribution in [-0.2, 0) is 12.0 Å². The number of aryl methyl sites for hydroxylation is 1. The molecule has 0 bridgehead atoms. The van der Waals surface area contributed by atoms with E-state index in [0.29, 0.717) is 16.7 Å². The van der Waals surface area contributed by atoms with Gasteiger partial charge in [-0.1, -0.05) is 53.2 Å². The maximum atomic E-state index is 15.4. The molecular weight excluding hydrogens is 478 g/mol. The summed E-state index contributed by atoms with van der Waals surface area (Å²) in [5, 5.41) is 0.660. The zero-order valence-corrected chi connectivity index (χ0v) is 19.3. The monoisotopic (exact) mass is 495 g/mol. The summed E-state index contributed by atoms with van der Waals surface area (Å²) in [6.07, 6.45) is 0.0869. The van der Waals surface area contributed by atoms with Gasteiger partial charge in [0.25, 0.3) is 0 Å². The summed E-state index contributed by atoms with van der Waals surface area (Å²) in [5.41, 5.74) is 0.0283. The Hall–Kier alpha value is -2.58. The van der Waals surface area contributed by atoms with Gasteiger partial charge in [-0.3, -0.25) is 0 Å². The first kappa shape index (κ1) is 25.5. The zero-order chi connectivity index (χ0) is 25.5. The zero-order valence-electron chi connectivity index (χ0n) is 18.5. The first-order valence-corrected chi connectivity index (χ1v) is 10.9. The minimum atomic E-state index is -3.25. The molecule has 3 aromatic carbocycles. The van der Waals surface area contributed by atoms with E-state index in [4.69, 9.17) is 39.9 Å². The standard InChI is InChI=1S/C24H17B3ClF4NO2/c1-12-7-8-16(34-22(31)32)21(30)18(12)19-14-10-23(11-33-24(25,26)27,13-5-3-2-4-6-13)35-17(14)9-15(29)20(19)28/h2-9,22,33H,10-11H2,1H3/t23-/m1/s1. The summed E-state index contributed by atoms with van der Waals surface area (Å²) < 4.78 is 66.6. The van der Waals surface area contributed by atoms with E-state index in [1.165, 1.54) is 6.07 Å². The molecule has 11 heteroatoms. The number of nitrogens with one attached hydrogen (secondary N) is 1. The summed E-state index contributed by atoms with van der Waals surface area (Å²) in [7, 11) is 17.1. The molecule has 1 heterocycles. The number of ether oxygens (including phenoxy) is 2. The highest BCUT2D eigenvalue weighted by Gasteiger charge is 2.44. The van der Waals surface area contributed by atoms with Crippen molar-refractivity contribution in [1.82, 2.24) is 5.32 Å². The molecule has 0 saturated heterocycles. The molecule has 1 aliphatic heterocycles. The quantitative estimate of drug-likeness (QED) is 0.380. The third kappa shape index (κ3) is 5.05. The SMILES string of the molecule is [B]C([B])([B])NC[C@@]1(c2ccccc2)Cc2c(cc(F)c(Cl)c2-c2c(C)ccc(OC(F)F)c2F)O1. The molecule has 1 N–H and O–H groups in total. The highest BCUT2D eigenvalue weighted by atomic mass is 35.5. The average molecular weight is 495 g/mol. The van der Waals surface area contributed by atoms with Crippen LogP contribution in [0.25, 0.3) is 11.1 Å². The van der Waals surface area contributed by atoms with E-state index in [2.05, 4.69) is 10.1 Å². The Morgan fingerprint density at radius 1 is 1.11 bits per heavy atom. The van der Waals surface area contributed by atoms with E-state index < -0.39 is 34.8 Å². The fraction of sp³-hybridized carbons (Fsp3) is 0.250. The largest absolute Gasteiger partial charge is 0.480 e. The van der Waals surface area contributed by atoms with Crippen molar-refractivity contribution in [2.45, 2.75) is 30.8 Å². The Kier molecular flexibility index (Phi) is 6.90.